The smallest absolute Gasteiger partial charge is 0.293 e. The maximum atomic E-state index is 13.1. The van der Waals surface area contributed by atoms with Crippen molar-refractivity contribution in [1.82, 2.24) is 4.90 Å². The molecule has 3 aromatic rings. The van der Waals surface area contributed by atoms with Gasteiger partial charge in [0.25, 0.3) is 0 Å². The Morgan fingerprint density at radius 3 is 2.50 bits per heavy atom. The fourth-order valence-corrected chi connectivity index (χ4v) is 4.10. The van der Waals surface area contributed by atoms with Crippen LogP contribution in [0.3, 0.4) is 0 Å². The standard InChI is InChI=1S/C24H22F3N/c1-2-28-14-13-19(18-9-5-10-20(15-18)24(25,26)27)16-23(28)22-12-6-8-17-7-3-4-11-21(17)22/h3-13,15,23H,2,14,16H2,1H3. The number of halogens is 3. The van der Waals surface area contributed by atoms with Gasteiger partial charge in [0.2, 0.25) is 0 Å². The number of likely N-dealkylation sites (N-methyl/N-ethyl adjacent to an activating group) is 1. The van der Waals surface area contributed by atoms with Crippen molar-refractivity contribution in [2.45, 2.75) is 25.6 Å². The highest BCUT2D eigenvalue weighted by molar-refractivity contribution is 5.86. The fourth-order valence-electron chi connectivity index (χ4n) is 4.10. The molecule has 0 amide bonds. The van der Waals surface area contributed by atoms with Crippen LogP contribution in [0.1, 0.15) is 36.1 Å². The van der Waals surface area contributed by atoms with E-state index in [9.17, 15) is 13.2 Å². The third kappa shape index (κ3) is 3.57. The topological polar surface area (TPSA) is 3.24 Å². The molecule has 1 unspecified atom stereocenters. The predicted molar refractivity (Wildman–Crippen MR) is 108 cm³/mol. The molecule has 144 valence electrons. The van der Waals surface area contributed by atoms with Gasteiger partial charge in [0.05, 0.1) is 5.56 Å². The van der Waals surface area contributed by atoms with Crippen molar-refractivity contribution in [2.75, 3.05) is 13.1 Å². The molecule has 0 bridgehead atoms. The molecule has 0 spiro atoms. The van der Waals surface area contributed by atoms with Crippen LogP contribution in [0.15, 0.2) is 72.8 Å². The normalized spacial score (nSPS) is 18.3. The average molecular weight is 381 g/mol. The zero-order valence-corrected chi connectivity index (χ0v) is 15.7. The number of nitrogens with zero attached hydrogens (tertiary/aromatic N) is 1. The summed E-state index contributed by atoms with van der Waals surface area (Å²) in [5.74, 6) is 0. The number of hydrogen-bond donors (Lipinski definition) is 0. The van der Waals surface area contributed by atoms with Gasteiger partial charge in [-0.1, -0.05) is 67.6 Å². The molecule has 1 aliphatic heterocycles. The van der Waals surface area contributed by atoms with E-state index in [-0.39, 0.29) is 6.04 Å². The highest BCUT2D eigenvalue weighted by Crippen LogP contribution is 2.39. The molecule has 3 aromatic carbocycles. The summed E-state index contributed by atoms with van der Waals surface area (Å²) in [5, 5.41) is 2.39. The second kappa shape index (κ2) is 7.44. The van der Waals surface area contributed by atoms with Crippen molar-refractivity contribution >= 4 is 16.3 Å². The number of alkyl halides is 3. The maximum Gasteiger partial charge on any atom is 0.416 e. The second-order valence-electron chi connectivity index (χ2n) is 7.18. The zero-order valence-electron chi connectivity index (χ0n) is 15.7. The van der Waals surface area contributed by atoms with Crippen molar-refractivity contribution in [2.24, 2.45) is 0 Å². The van der Waals surface area contributed by atoms with Gasteiger partial charge in [0.1, 0.15) is 0 Å². The van der Waals surface area contributed by atoms with E-state index >= 15 is 0 Å². The number of benzene rings is 3. The van der Waals surface area contributed by atoms with E-state index < -0.39 is 11.7 Å². The summed E-state index contributed by atoms with van der Waals surface area (Å²) < 4.78 is 39.4. The molecule has 0 saturated carbocycles. The van der Waals surface area contributed by atoms with E-state index in [4.69, 9.17) is 0 Å². The van der Waals surface area contributed by atoms with Crippen molar-refractivity contribution in [3.63, 3.8) is 0 Å². The summed E-state index contributed by atoms with van der Waals surface area (Å²) in [6.07, 6.45) is -1.56. The van der Waals surface area contributed by atoms with Gasteiger partial charge in [0, 0.05) is 12.6 Å². The summed E-state index contributed by atoms with van der Waals surface area (Å²) in [5.41, 5.74) is 2.28. The lowest BCUT2D eigenvalue weighted by Gasteiger charge is -2.35. The van der Waals surface area contributed by atoms with Gasteiger partial charge in [-0.25, -0.2) is 0 Å². The Labute approximate surface area is 163 Å². The lowest BCUT2D eigenvalue weighted by molar-refractivity contribution is -0.137. The van der Waals surface area contributed by atoms with Gasteiger partial charge in [0.15, 0.2) is 0 Å². The van der Waals surface area contributed by atoms with Crippen LogP contribution in [0.2, 0.25) is 0 Å². The molecule has 1 nitrogen and oxygen atoms in total. The summed E-state index contributed by atoms with van der Waals surface area (Å²) in [6, 6.07) is 20.4. The Morgan fingerprint density at radius 2 is 1.71 bits per heavy atom. The number of fused-ring (bicyclic) bond motifs is 1. The molecule has 0 fully saturated rings. The molecule has 4 heteroatoms. The lowest BCUT2D eigenvalue weighted by atomic mass is 9.87. The Bertz CT molecular complexity index is 1010. The molecule has 1 atom stereocenters. The van der Waals surface area contributed by atoms with Crippen LogP contribution in [-0.4, -0.2) is 18.0 Å². The van der Waals surface area contributed by atoms with Crippen molar-refractivity contribution in [3.8, 4) is 0 Å². The zero-order chi connectivity index (χ0) is 19.7. The number of hydrogen-bond acceptors (Lipinski definition) is 1. The molecule has 4 rings (SSSR count). The summed E-state index contributed by atoms with van der Waals surface area (Å²) in [6.45, 7) is 3.75. The molecular formula is C24H22F3N. The Kier molecular flexibility index (Phi) is 4.98. The van der Waals surface area contributed by atoms with Crippen LogP contribution in [-0.2, 0) is 6.18 Å². The van der Waals surface area contributed by atoms with Crippen molar-refractivity contribution < 1.29 is 13.2 Å². The van der Waals surface area contributed by atoms with Crippen molar-refractivity contribution in [3.05, 3.63) is 89.5 Å². The first-order chi connectivity index (χ1) is 13.5. The first kappa shape index (κ1) is 18.8. The van der Waals surface area contributed by atoms with Gasteiger partial charge < -0.3 is 0 Å². The minimum atomic E-state index is -4.32. The third-order valence-corrected chi connectivity index (χ3v) is 5.58. The Morgan fingerprint density at radius 1 is 0.964 bits per heavy atom. The van der Waals surface area contributed by atoms with Crippen molar-refractivity contribution in [1.29, 1.82) is 0 Å². The van der Waals surface area contributed by atoms with Gasteiger partial charge in [-0.3, -0.25) is 4.90 Å². The highest BCUT2D eigenvalue weighted by Gasteiger charge is 2.31. The van der Waals surface area contributed by atoms with E-state index in [0.717, 1.165) is 24.7 Å². The van der Waals surface area contributed by atoms with Crippen LogP contribution in [0.25, 0.3) is 16.3 Å². The van der Waals surface area contributed by atoms with E-state index in [1.165, 1.54) is 28.5 Å². The van der Waals surface area contributed by atoms with Gasteiger partial charge in [-0.05, 0) is 52.6 Å². The summed E-state index contributed by atoms with van der Waals surface area (Å²) >= 11 is 0. The van der Waals surface area contributed by atoms with E-state index in [1.54, 1.807) is 6.07 Å². The third-order valence-electron chi connectivity index (χ3n) is 5.58. The van der Waals surface area contributed by atoms with Crippen LogP contribution in [0.4, 0.5) is 13.2 Å². The van der Waals surface area contributed by atoms with E-state index in [1.807, 2.05) is 12.1 Å². The Hall–Kier alpha value is -2.59. The van der Waals surface area contributed by atoms with Crippen LogP contribution in [0.5, 0.6) is 0 Å². The molecule has 1 heterocycles. The van der Waals surface area contributed by atoms with E-state index in [0.29, 0.717) is 12.0 Å². The predicted octanol–water partition coefficient (Wildman–Crippen LogP) is 6.71. The van der Waals surface area contributed by atoms with Crippen LogP contribution in [0, 0.1) is 0 Å². The second-order valence-corrected chi connectivity index (χ2v) is 7.18. The first-order valence-corrected chi connectivity index (χ1v) is 9.55. The molecule has 0 saturated heterocycles. The highest BCUT2D eigenvalue weighted by atomic mass is 19.4. The van der Waals surface area contributed by atoms with Gasteiger partial charge in [-0.2, -0.15) is 13.2 Å². The van der Waals surface area contributed by atoms with Crippen LogP contribution < -0.4 is 0 Å². The fraction of sp³-hybridized carbons (Fsp3) is 0.250. The lowest BCUT2D eigenvalue weighted by Crippen LogP contribution is -2.32. The SMILES string of the molecule is CCN1CC=C(c2cccc(C(F)(F)F)c2)CC1c1cccc2ccccc12. The minimum absolute atomic E-state index is 0.144. The Balaban J connectivity index is 1.73. The first-order valence-electron chi connectivity index (χ1n) is 9.55. The molecule has 1 aliphatic rings. The molecule has 0 aromatic heterocycles. The minimum Gasteiger partial charge on any atom is -0.293 e. The van der Waals surface area contributed by atoms with Gasteiger partial charge >= 0.3 is 6.18 Å². The van der Waals surface area contributed by atoms with Crippen LogP contribution >= 0.6 is 0 Å². The summed E-state index contributed by atoms with van der Waals surface area (Å²) in [7, 11) is 0. The molecule has 0 radical (unpaired) electrons. The molecular weight excluding hydrogens is 359 g/mol. The molecule has 28 heavy (non-hydrogen) atoms. The maximum absolute atomic E-state index is 13.1. The monoisotopic (exact) mass is 381 g/mol. The van der Waals surface area contributed by atoms with Gasteiger partial charge in [-0.15, -0.1) is 0 Å². The quantitative estimate of drug-likeness (QED) is 0.487. The average Bonchev–Trinajstić information content (AvgIpc) is 2.72. The number of rotatable bonds is 3. The van der Waals surface area contributed by atoms with E-state index in [2.05, 4.69) is 48.2 Å². The summed E-state index contributed by atoms with van der Waals surface area (Å²) in [4.78, 5) is 2.37. The molecule has 0 N–H and O–H groups in total. The molecule has 0 aliphatic carbocycles. The largest absolute Gasteiger partial charge is 0.416 e.